The largest absolute Gasteiger partial charge is 0.482 e. The minimum absolute atomic E-state index is 0. The van der Waals surface area contributed by atoms with Gasteiger partial charge in [-0.05, 0) is 42.8 Å². The van der Waals surface area contributed by atoms with Gasteiger partial charge in [-0.25, -0.2) is 8.78 Å². The molecule has 3 heterocycles. The van der Waals surface area contributed by atoms with Gasteiger partial charge in [0.05, 0.1) is 11.2 Å². The van der Waals surface area contributed by atoms with Crippen molar-refractivity contribution in [1.82, 2.24) is 9.88 Å². The first-order valence-corrected chi connectivity index (χ1v) is 10.7. The molecule has 1 N–H and O–H groups in total. The molecule has 2 aliphatic rings. The predicted molar refractivity (Wildman–Crippen MR) is 127 cm³/mol. The molecule has 2 aromatic carbocycles. The molecule has 0 aliphatic carbocycles. The van der Waals surface area contributed by atoms with Gasteiger partial charge in [-0.15, -0.1) is 12.4 Å². The minimum Gasteiger partial charge on any atom is -0.482 e. The second kappa shape index (κ2) is 9.49. The van der Waals surface area contributed by atoms with Crippen LogP contribution in [0.2, 0.25) is 0 Å². The Kier molecular flexibility index (Phi) is 6.67. The van der Waals surface area contributed by atoms with Crippen molar-refractivity contribution in [2.24, 2.45) is 0 Å². The second-order valence-electron chi connectivity index (χ2n) is 8.29. The van der Waals surface area contributed by atoms with Gasteiger partial charge in [0.2, 0.25) is 0 Å². The lowest BCUT2D eigenvalue weighted by molar-refractivity contribution is -0.118. The van der Waals surface area contributed by atoms with E-state index in [0.717, 1.165) is 16.8 Å². The van der Waals surface area contributed by atoms with Crippen molar-refractivity contribution in [3.05, 3.63) is 59.5 Å². The summed E-state index contributed by atoms with van der Waals surface area (Å²) in [7, 11) is 0. The second-order valence-corrected chi connectivity index (χ2v) is 8.29. The number of ether oxygens (including phenoxy) is 1. The van der Waals surface area contributed by atoms with E-state index in [4.69, 9.17) is 4.74 Å². The summed E-state index contributed by atoms with van der Waals surface area (Å²) in [5, 5.41) is 3.64. The molecule has 1 atom stereocenters. The number of benzene rings is 2. The molecule has 0 radical (unpaired) electrons. The molecule has 0 saturated carbocycles. The van der Waals surface area contributed by atoms with E-state index < -0.39 is 6.17 Å². The molecule has 9 heteroatoms. The molecule has 5 rings (SSSR count). The number of piperazine rings is 1. The summed E-state index contributed by atoms with van der Waals surface area (Å²) in [6, 6.07) is 12.0. The van der Waals surface area contributed by atoms with E-state index in [0.29, 0.717) is 48.7 Å². The normalized spacial score (nSPS) is 17.1. The minimum atomic E-state index is -1.19. The van der Waals surface area contributed by atoms with Gasteiger partial charge in [0, 0.05) is 55.6 Å². The van der Waals surface area contributed by atoms with Crippen molar-refractivity contribution >= 4 is 40.6 Å². The summed E-state index contributed by atoms with van der Waals surface area (Å²) in [6.07, 6.45) is -1.19. The van der Waals surface area contributed by atoms with Crippen LogP contribution < -0.4 is 15.0 Å². The number of pyridine rings is 1. The summed E-state index contributed by atoms with van der Waals surface area (Å²) < 4.78 is 34.6. The number of anilines is 2. The number of aryl methyl sites for hydroxylation is 1. The number of aromatic nitrogens is 1. The highest BCUT2D eigenvalue weighted by molar-refractivity contribution is 5.95. The van der Waals surface area contributed by atoms with Gasteiger partial charge in [0.1, 0.15) is 17.7 Å². The van der Waals surface area contributed by atoms with E-state index in [9.17, 15) is 9.18 Å². The maximum absolute atomic E-state index is 15.0. The third-order valence-electron chi connectivity index (χ3n) is 6.02. The zero-order chi connectivity index (χ0) is 22.2. The van der Waals surface area contributed by atoms with Gasteiger partial charge in [-0.1, -0.05) is 6.07 Å². The topological polar surface area (TPSA) is 57.7 Å². The number of nitrogens with one attached hydrogen (secondary N) is 1. The van der Waals surface area contributed by atoms with Gasteiger partial charge < -0.3 is 15.0 Å². The summed E-state index contributed by atoms with van der Waals surface area (Å²) >= 11 is 0. The fraction of sp³-hybridized carbons (Fsp3) is 0.333. The third-order valence-corrected chi connectivity index (χ3v) is 6.02. The molecule has 174 valence electrons. The molecule has 3 aromatic rings. The lowest BCUT2D eigenvalue weighted by Crippen LogP contribution is -2.47. The van der Waals surface area contributed by atoms with Crippen molar-refractivity contribution in [1.29, 1.82) is 0 Å². The number of hydrogen-bond acceptors (Lipinski definition) is 5. The first kappa shape index (κ1) is 23.2. The molecular formula is C24H25ClF2N4O2. The molecule has 1 saturated heterocycles. The monoisotopic (exact) mass is 474 g/mol. The van der Waals surface area contributed by atoms with E-state index in [1.54, 1.807) is 24.3 Å². The van der Waals surface area contributed by atoms with Crippen LogP contribution >= 0.6 is 12.4 Å². The standard InChI is InChI=1S/C24H24F2N4O2.ClH/c1-15-2-4-18-20(27-15)11-17(25)12-22(18)30-8-6-29(7-9-30)13-19(26)16-3-5-23-21(10-16)28-24(31)14-32-23;/h2-5,10-12,19H,6-9,13-14H2,1H3,(H,28,31);1H. The molecular weight excluding hydrogens is 450 g/mol. The van der Waals surface area contributed by atoms with Crippen LogP contribution in [-0.4, -0.2) is 55.1 Å². The first-order valence-electron chi connectivity index (χ1n) is 10.7. The molecule has 1 unspecified atom stereocenters. The zero-order valence-corrected chi connectivity index (χ0v) is 19.0. The summed E-state index contributed by atoms with van der Waals surface area (Å²) in [5.41, 5.74) is 3.34. The number of halogens is 3. The number of carbonyl (C=O) groups is 1. The molecule has 6 nitrogen and oxygen atoms in total. The van der Waals surface area contributed by atoms with Crippen LogP contribution in [0.5, 0.6) is 5.75 Å². The lowest BCUT2D eigenvalue weighted by atomic mass is 10.1. The number of hydrogen-bond donors (Lipinski definition) is 1. The molecule has 1 fully saturated rings. The van der Waals surface area contributed by atoms with Gasteiger partial charge in [-0.3, -0.25) is 14.7 Å². The zero-order valence-electron chi connectivity index (χ0n) is 18.2. The van der Waals surface area contributed by atoms with Crippen LogP contribution in [0.15, 0.2) is 42.5 Å². The Morgan fingerprint density at radius 2 is 1.91 bits per heavy atom. The summed E-state index contributed by atoms with van der Waals surface area (Å²) in [4.78, 5) is 20.2. The average Bonchev–Trinajstić information content (AvgIpc) is 2.78. The van der Waals surface area contributed by atoms with Gasteiger partial charge >= 0.3 is 0 Å². The van der Waals surface area contributed by atoms with Crippen molar-refractivity contribution in [3.63, 3.8) is 0 Å². The Morgan fingerprint density at radius 1 is 1.12 bits per heavy atom. The Morgan fingerprint density at radius 3 is 2.70 bits per heavy atom. The quantitative estimate of drug-likeness (QED) is 0.612. The molecule has 2 aliphatic heterocycles. The van der Waals surface area contributed by atoms with Crippen LogP contribution in [0.25, 0.3) is 10.9 Å². The summed E-state index contributed by atoms with van der Waals surface area (Å²) in [5.74, 6) is 0.0120. The Hall–Kier alpha value is -2.97. The van der Waals surface area contributed by atoms with Gasteiger partial charge in [0.15, 0.2) is 6.61 Å². The fourth-order valence-electron chi connectivity index (χ4n) is 4.34. The van der Waals surface area contributed by atoms with E-state index in [-0.39, 0.29) is 37.3 Å². The molecule has 1 amide bonds. The van der Waals surface area contributed by atoms with E-state index in [1.165, 1.54) is 6.07 Å². The van der Waals surface area contributed by atoms with Crippen LogP contribution in [0.3, 0.4) is 0 Å². The van der Waals surface area contributed by atoms with Crippen LogP contribution in [0.4, 0.5) is 20.2 Å². The number of fused-ring (bicyclic) bond motifs is 2. The first-order chi connectivity index (χ1) is 15.5. The molecule has 1 aromatic heterocycles. The van der Waals surface area contributed by atoms with Crippen molar-refractivity contribution in [3.8, 4) is 5.75 Å². The number of rotatable bonds is 4. The van der Waals surface area contributed by atoms with Crippen LogP contribution in [0, 0.1) is 12.7 Å². The molecule has 0 bridgehead atoms. The number of nitrogens with zero attached hydrogens (tertiary/aromatic N) is 3. The highest BCUT2D eigenvalue weighted by atomic mass is 35.5. The van der Waals surface area contributed by atoms with Gasteiger partial charge in [-0.2, -0.15) is 0 Å². The van der Waals surface area contributed by atoms with E-state index in [2.05, 4.69) is 20.1 Å². The Balaban J connectivity index is 0.00000259. The van der Waals surface area contributed by atoms with E-state index in [1.807, 2.05) is 19.1 Å². The Bertz CT molecular complexity index is 1180. The number of amides is 1. The highest BCUT2D eigenvalue weighted by Gasteiger charge is 2.24. The Labute approximate surface area is 196 Å². The van der Waals surface area contributed by atoms with Gasteiger partial charge in [0.25, 0.3) is 5.91 Å². The summed E-state index contributed by atoms with van der Waals surface area (Å²) in [6.45, 7) is 4.81. The maximum Gasteiger partial charge on any atom is 0.262 e. The molecule has 33 heavy (non-hydrogen) atoms. The average molecular weight is 475 g/mol. The van der Waals surface area contributed by atoms with Crippen molar-refractivity contribution in [2.45, 2.75) is 13.1 Å². The highest BCUT2D eigenvalue weighted by Crippen LogP contribution is 2.33. The predicted octanol–water partition coefficient (Wildman–Crippen LogP) is 4.27. The molecule has 0 spiro atoms. The van der Waals surface area contributed by atoms with Crippen LogP contribution in [-0.2, 0) is 4.79 Å². The van der Waals surface area contributed by atoms with E-state index >= 15 is 4.39 Å². The van der Waals surface area contributed by atoms with Crippen LogP contribution in [0.1, 0.15) is 17.4 Å². The number of carbonyl (C=O) groups excluding carboxylic acids is 1. The lowest BCUT2D eigenvalue weighted by Gasteiger charge is -2.37. The SMILES string of the molecule is Cc1ccc2c(N3CCN(CC(F)c4ccc5c(c4)NC(=O)CO5)CC3)cc(F)cc2n1.Cl. The maximum atomic E-state index is 15.0. The van der Waals surface area contributed by atoms with Crippen molar-refractivity contribution in [2.75, 3.05) is 49.5 Å². The smallest absolute Gasteiger partial charge is 0.262 e. The fourth-order valence-corrected chi connectivity index (χ4v) is 4.34. The third kappa shape index (κ3) is 4.86. The van der Waals surface area contributed by atoms with Crippen molar-refractivity contribution < 1.29 is 18.3 Å². The number of alkyl halides is 1.